The molecule has 0 bridgehead atoms. The zero-order chi connectivity index (χ0) is 19.4. The Kier molecular flexibility index (Phi) is 6.72. The maximum absolute atomic E-state index is 12.7. The molecule has 0 aromatic carbocycles. The van der Waals surface area contributed by atoms with Gasteiger partial charge in [-0.25, -0.2) is 0 Å². The molecule has 8 nitrogen and oxygen atoms in total. The van der Waals surface area contributed by atoms with Gasteiger partial charge in [-0.15, -0.1) is 10.2 Å². The minimum absolute atomic E-state index is 0.0861. The first-order chi connectivity index (χ1) is 13.0. The number of likely N-dealkylation sites (tertiary alicyclic amines) is 2. The van der Waals surface area contributed by atoms with E-state index in [1.165, 1.54) is 11.3 Å². The van der Waals surface area contributed by atoms with E-state index in [0.29, 0.717) is 18.2 Å². The third kappa shape index (κ3) is 4.79. The van der Waals surface area contributed by atoms with Gasteiger partial charge >= 0.3 is 0 Å². The van der Waals surface area contributed by atoms with Gasteiger partial charge in [-0.1, -0.05) is 30.0 Å². The lowest BCUT2D eigenvalue weighted by molar-refractivity contribution is -0.155. The molecule has 1 spiro atoms. The second kappa shape index (κ2) is 8.85. The van der Waals surface area contributed by atoms with E-state index < -0.39 is 0 Å². The topological polar surface area (TPSA) is 87.7 Å². The molecule has 0 aliphatic carbocycles. The Labute approximate surface area is 168 Å². The van der Waals surface area contributed by atoms with E-state index in [-0.39, 0.29) is 23.3 Å². The summed E-state index contributed by atoms with van der Waals surface area (Å²) >= 11 is 3.01. The number of anilines is 1. The van der Waals surface area contributed by atoms with Crippen LogP contribution >= 0.6 is 23.1 Å². The monoisotopic (exact) mass is 413 g/mol. The van der Waals surface area contributed by atoms with Crippen LogP contribution in [0.25, 0.3) is 0 Å². The molecule has 3 rings (SSSR count). The molecular formula is C17H27N5O3S2. The van der Waals surface area contributed by atoms with Crippen LogP contribution in [0.1, 0.15) is 26.2 Å². The number of ether oxygens (including phenoxy) is 1. The molecule has 3 heterocycles. The van der Waals surface area contributed by atoms with Crippen molar-refractivity contribution in [1.29, 1.82) is 0 Å². The molecule has 2 aliphatic rings. The summed E-state index contributed by atoms with van der Waals surface area (Å²) in [6.07, 6.45) is 2.39. The average Bonchev–Trinajstić information content (AvgIpc) is 3.08. The highest BCUT2D eigenvalue weighted by Crippen LogP contribution is 2.41. The van der Waals surface area contributed by atoms with Gasteiger partial charge < -0.3 is 9.64 Å². The van der Waals surface area contributed by atoms with Gasteiger partial charge in [0, 0.05) is 20.7 Å². The Bertz CT molecular complexity index is 675. The molecule has 1 aromatic rings. The lowest BCUT2D eigenvalue weighted by Crippen LogP contribution is -2.57. The number of thioether (sulfide) groups is 1. The van der Waals surface area contributed by atoms with E-state index in [2.05, 4.69) is 27.3 Å². The highest BCUT2D eigenvalue weighted by Gasteiger charge is 2.47. The second-order valence-electron chi connectivity index (χ2n) is 7.16. The van der Waals surface area contributed by atoms with Crippen LogP contribution in [0.5, 0.6) is 0 Å². The van der Waals surface area contributed by atoms with Crippen LogP contribution in [0.3, 0.4) is 0 Å². The molecule has 10 heteroatoms. The summed E-state index contributed by atoms with van der Waals surface area (Å²) in [6, 6.07) is 0. The van der Waals surface area contributed by atoms with Gasteiger partial charge in [0.25, 0.3) is 0 Å². The summed E-state index contributed by atoms with van der Waals surface area (Å²) in [5.74, 6) is 1.06. The summed E-state index contributed by atoms with van der Waals surface area (Å²) in [5, 5.41) is 11.4. The van der Waals surface area contributed by atoms with E-state index in [9.17, 15) is 9.59 Å². The van der Waals surface area contributed by atoms with Crippen molar-refractivity contribution in [2.75, 3.05) is 51.4 Å². The van der Waals surface area contributed by atoms with Crippen molar-refractivity contribution in [3.8, 4) is 0 Å². The lowest BCUT2D eigenvalue weighted by atomic mass is 9.71. The minimum Gasteiger partial charge on any atom is -0.380 e. The SMILES string of the molecule is CCSc1nnc(NC(=O)CN2CCC3(CC2)CC(OC)CN(C)C3=O)s1. The molecule has 27 heavy (non-hydrogen) atoms. The van der Waals surface area contributed by atoms with Gasteiger partial charge in [0.1, 0.15) is 0 Å². The number of likely N-dealkylation sites (N-methyl/N-ethyl adjacent to an activating group) is 1. The summed E-state index contributed by atoms with van der Waals surface area (Å²) in [5.41, 5.74) is -0.341. The van der Waals surface area contributed by atoms with Gasteiger partial charge in [0.2, 0.25) is 16.9 Å². The third-order valence-corrected chi connectivity index (χ3v) is 7.18. The number of carbonyl (C=O) groups is 2. The van der Waals surface area contributed by atoms with Crippen molar-refractivity contribution < 1.29 is 14.3 Å². The smallest absolute Gasteiger partial charge is 0.240 e. The number of nitrogens with zero attached hydrogens (tertiary/aromatic N) is 4. The van der Waals surface area contributed by atoms with Gasteiger partial charge in [0.15, 0.2) is 4.34 Å². The fourth-order valence-corrected chi connectivity index (χ4v) is 5.57. The number of piperidine rings is 2. The fourth-order valence-electron chi connectivity index (χ4n) is 3.90. The predicted molar refractivity (Wildman–Crippen MR) is 106 cm³/mol. The van der Waals surface area contributed by atoms with Gasteiger partial charge in [-0.3, -0.25) is 19.8 Å². The van der Waals surface area contributed by atoms with Crippen molar-refractivity contribution in [2.45, 2.75) is 36.6 Å². The van der Waals surface area contributed by atoms with Gasteiger partial charge in [-0.2, -0.15) is 0 Å². The van der Waals surface area contributed by atoms with Crippen molar-refractivity contribution in [1.82, 2.24) is 20.0 Å². The summed E-state index contributed by atoms with van der Waals surface area (Å²) in [4.78, 5) is 29.0. The number of amides is 2. The quantitative estimate of drug-likeness (QED) is 0.559. The van der Waals surface area contributed by atoms with Crippen LogP contribution in [0, 0.1) is 5.41 Å². The predicted octanol–water partition coefficient (Wildman–Crippen LogP) is 1.55. The minimum atomic E-state index is -0.341. The Morgan fingerprint density at radius 3 is 2.81 bits per heavy atom. The standard InChI is InChI=1S/C17H27N5O3S2/c1-4-26-16-20-19-15(27-16)18-13(23)11-22-7-5-17(6-8-22)9-12(25-3)10-21(2)14(17)24/h12H,4-11H2,1-3H3,(H,18,19,23). The first-order valence-corrected chi connectivity index (χ1v) is 11.0. The van der Waals surface area contributed by atoms with Crippen molar-refractivity contribution in [3.63, 3.8) is 0 Å². The fraction of sp³-hybridized carbons (Fsp3) is 0.765. The average molecular weight is 414 g/mol. The van der Waals surface area contributed by atoms with E-state index in [1.54, 1.807) is 23.8 Å². The number of rotatable bonds is 6. The normalized spacial score (nSPS) is 23.0. The van der Waals surface area contributed by atoms with Crippen molar-refractivity contribution >= 4 is 40.0 Å². The number of aromatic nitrogens is 2. The number of carbonyl (C=O) groups excluding carboxylic acids is 2. The second-order valence-corrected chi connectivity index (χ2v) is 9.65. The first-order valence-electron chi connectivity index (χ1n) is 9.22. The summed E-state index contributed by atoms with van der Waals surface area (Å²) in [7, 11) is 3.56. The molecule has 150 valence electrons. The van der Waals surface area contributed by atoms with Crippen LogP contribution < -0.4 is 5.32 Å². The zero-order valence-corrected chi connectivity index (χ0v) is 17.7. The van der Waals surface area contributed by atoms with Crippen LogP contribution in [0.2, 0.25) is 0 Å². The molecule has 2 aliphatic heterocycles. The van der Waals surface area contributed by atoms with Crippen LogP contribution in [-0.2, 0) is 14.3 Å². The number of hydrogen-bond donors (Lipinski definition) is 1. The Morgan fingerprint density at radius 2 is 2.15 bits per heavy atom. The van der Waals surface area contributed by atoms with E-state index in [1.807, 2.05) is 7.05 Å². The Balaban J connectivity index is 1.51. The van der Waals surface area contributed by atoms with Crippen LogP contribution in [-0.4, -0.2) is 84.0 Å². The summed E-state index contributed by atoms with van der Waals surface area (Å²) in [6.45, 7) is 4.48. The molecule has 2 amide bonds. The van der Waals surface area contributed by atoms with E-state index in [0.717, 1.165) is 42.4 Å². The Hall–Kier alpha value is -1.23. The molecule has 2 fully saturated rings. The molecule has 2 saturated heterocycles. The molecule has 1 atom stereocenters. The first kappa shape index (κ1) is 20.5. The number of methoxy groups -OCH3 is 1. The van der Waals surface area contributed by atoms with Crippen molar-refractivity contribution in [3.05, 3.63) is 0 Å². The third-order valence-electron chi connectivity index (χ3n) is 5.33. The Morgan fingerprint density at radius 1 is 1.41 bits per heavy atom. The largest absolute Gasteiger partial charge is 0.380 e. The maximum atomic E-state index is 12.7. The maximum Gasteiger partial charge on any atom is 0.240 e. The molecular weight excluding hydrogens is 386 g/mol. The lowest BCUT2D eigenvalue weighted by Gasteiger charge is -2.47. The van der Waals surface area contributed by atoms with Gasteiger partial charge in [-0.05, 0) is 38.1 Å². The molecule has 0 radical (unpaired) electrons. The molecule has 1 aromatic heterocycles. The molecule has 1 unspecified atom stereocenters. The van der Waals surface area contributed by atoms with Crippen LogP contribution in [0.4, 0.5) is 5.13 Å². The van der Waals surface area contributed by atoms with Gasteiger partial charge in [0.05, 0.1) is 18.1 Å². The summed E-state index contributed by atoms with van der Waals surface area (Å²) < 4.78 is 6.39. The highest BCUT2D eigenvalue weighted by molar-refractivity contribution is 8.01. The van der Waals surface area contributed by atoms with E-state index >= 15 is 0 Å². The van der Waals surface area contributed by atoms with Crippen molar-refractivity contribution in [2.24, 2.45) is 5.41 Å². The molecule has 0 saturated carbocycles. The number of nitrogens with one attached hydrogen (secondary N) is 1. The molecule has 1 N–H and O–H groups in total. The number of hydrogen-bond acceptors (Lipinski definition) is 8. The zero-order valence-electron chi connectivity index (χ0n) is 16.1. The van der Waals surface area contributed by atoms with Crippen LogP contribution in [0.15, 0.2) is 4.34 Å². The van der Waals surface area contributed by atoms with E-state index in [4.69, 9.17) is 4.74 Å². The highest BCUT2D eigenvalue weighted by atomic mass is 32.2.